The van der Waals surface area contributed by atoms with Gasteiger partial charge in [-0.1, -0.05) is 32.6 Å². The summed E-state index contributed by atoms with van der Waals surface area (Å²) in [6.07, 6.45) is 0.773. The summed E-state index contributed by atoms with van der Waals surface area (Å²) in [7, 11) is 0. The van der Waals surface area contributed by atoms with Crippen LogP contribution in [0, 0.1) is 18.2 Å². The largest absolute Gasteiger partial charge is 0.477 e. The molecular formula is C19H21FN2O. The minimum atomic E-state index is -0.254. The lowest BCUT2D eigenvalue weighted by molar-refractivity contribution is 0.148. The first-order valence-corrected chi connectivity index (χ1v) is 7.65. The molecular weight excluding hydrogens is 291 g/mol. The molecule has 3 rings (SSSR count). The van der Waals surface area contributed by atoms with Gasteiger partial charge in [0.2, 0.25) is 5.88 Å². The average molecular weight is 312 g/mol. The summed E-state index contributed by atoms with van der Waals surface area (Å²) >= 11 is 0. The van der Waals surface area contributed by atoms with E-state index in [2.05, 4.69) is 25.4 Å². The Hall–Kier alpha value is -2.36. The Morgan fingerprint density at radius 3 is 2.70 bits per heavy atom. The van der Waals surface area contributed by atoms with E-state index in [0.29, 0.717) is 29.4 Å². The number of aromatic nitrogens is 1. The molecule has 0 fully saturated rings. The third-order valence-electron chi connectivity index (χ3n) is 4.09. The van der Waals surface area contributed by atoms with Crippen LogP contribution in [-0.4, -0.2) is 11.6 Å². The first-order chi connectivity index (χ1) is 10.8. The second kappa shape index (κ2) is 5.37. The highest BCUT2D eigenvalue weighted by atomic mass is 19.1. The van der Waals surface area contributed by atoms with Gasteiger partial charge in [0.15, 0.2) is 0 Å². The number of hydrogen-bond acceptors (Lipinski definition) is 3. The lowest BCUT2D eigenvalue weighted by Gasteiger charge is -2.32. The number of nitrogens with two attached hydrogens (primary N) is 1. The molecule has 3 nitrogen and oxygen atoms in total. The standard InChI is InChI=1S/C19H21FN2O/c1-11-5-6-13(16(20)7-11)14-8-17(12(2)21)22-18-15(14)9-19(3,4)10-23-18/h5-8H,2,9-10,21H2,1,3-4H3. The first-order valence-electron chi connectivity index (χ1n) is 7.65. The van der Waals surface area contributed by atoms with Crippen LogP contribution in [0.2, 0.25) is 0 Å². The second-order valence-corrected chi connectivity index (χ2v) is 6.98. The van der Waals surface area contributed by atoms with Gasteiger partial charge in [-0.2, -0.15) is 0 Å². The van der Waals surface area contributed by atoms with Crippen molar-refractivity contribution in [3.8, 4) is 17.0 Å². The Labute approximate surface area is 136 Å². The van der Waals surface area contributed by atoms with Crippen LogP contribution in [-0.2, 0) is 6.42 Å². The quantitative estimate of drug-likeness (QED) is 0.908. The third kappa shape index (κ3) is 2.93. The monoisotopic (exact) mass is 312 g/mol. The van der Waals surface area contributed by atoms with E-state index in [1.54, 1.807) is 12.1 Å². The Morgan fingerprint density at radius 1 is 1.30 bits per heavy atom. The summed E-state index contributed by atoms with van der Waals surface area (Å²) in [6, 6.07) is 7.04. The van der Waals surface area contributed by atoms with Gasteiger partial charge in [-0.3, -0.25) is 0 Å². The number of aryl methyl sites for hydroxylation is 1. The third-order valence-corrected chi connectivity index (χ3v) is 4.09. The number of hydrogen-bond donors (Lipinski definition) is 1. The van der Waals surface area contributed by atoms with Crippen LogP contribution in [0.5, 0.6) is 5.88 Å². The fraction of sp³-hybridized carbons (Fsp3) is 0.316. The van der Waals surface area contributed by atoms with Crippen molar-refractivity contribution in [2.24, 2.45) is 11.1 Å². The molecule has 0 saturated heterocycles. The number of rotatable bonds is 2. The van der Waals surface area contributed by atoms with Gasteiger partial charge < -0.3 is 10.5 Å². The molecule has 2 N–H and O–H groups in total. The van der Waals surface area contributed by atoms with Crippen LogP contribution >= 0.6 is 0 Å². The van der Waals surface area contributed by atoms with Crippen LogP contribution in [0.15, 0.2) is 30.8 Å². The highest BCUT2D eigenvalue weighted by molar-refractivity contribution is 5.74. The molecule has 0 spiro atoms. The van der Waals surface area contributed by atoms with E-state index in [4.69, 9.17) is 10.5 Å². The van der Waals surface area contributed by atoms with Gasteiger partial charge in [-0.15, -0.1) is 0 Å². The maximum atomic E-state index is 14.5. The van der Waals surface area contributed by atoms with Crippen LogP contribution in [0.4, 0.5) is 4.39 Å². The lowest BCUT2D eigenvalue weighted by atomic mass is 9.82. The van der Waals surface area contributed by atoms with Gasteiger partial charge in [-0.05, 0) is 36.6 Å². The summed E-state index contributed by atoms with van der Waals surface area (Å²) in [5.74, 6) is 0.277. The molecule has 0 bridgehead atoms. The van der Waals surface area contributed by atoms with Crippen molar-refractivity contribution in [3.05, 3.63) is 53.5 Å². The summed E-state index contributed by atoms with van der Waals surface area (Å²) < 4.78 is 20.3. The minimum absolute atomic E-state index is 0.0220. The maximum Gasteiger partial charge on any atom is 0.217 e. The molecule has 0 unspecified atom stereocenters. The van der Waals surface area contributed by atoms with E-state index >= 15 is 0 Å². The van der Waals surface area contributed by atoms with E-state index in [1.807, 2.05) is 13.0 Å². The van der Waals surface area contributed by atoms with Crippen molar-refractivity contribution in [3.63, 3.8) is 0 Å². The number of nitrogens with zero attached hydrogens (tertiary/aromatic N) is 1. The predicted octanol–water partition coefficient (Wildman–Crippen LogP) is 4.09. The summed E-state index contributed by atoms with van der Waals surface area (Å²) in [4.78, 5) is 4.44. The molecule has 0 atom stereocenters. The molecule has 2 heterocycles. The molecule has 1 aliphatic heterocycles. The van der Waals surface area contributed by atoms with Crippen molar-refractivity contribution in [1.29, 1.82) is 0 Å². The molecule has 2 aromatic rings. The van der Waals surface area contributed by atoms with E-state index < -0.39 is 0 Å². The molecule has 23 heavy (non-hydrogen) atoms. The van der Waals surface area contributed by atoms with Crippen LogP contribution in [0.3, 0.4) is 0 Å². The molecule has 0 radical (unpaired) electrons. The van der Waals surface area contributed by atoms with Crippen molar-refractivity contribution in [1.82, 2.24) is 4.98 Å². The first kappa shape index (κ1) is 15.5. The molecule has 1 aromatic heterocycles. The minimum Gasteiger partial charge on any atom is -0.477 e. The Bertz CT molecular complexity index is 796. The molecule has 0 amide bonds. The number of ether oxygens (including phenoxy) is 1. The second-order valence-electron chi connectivity index (χ2n) is 6.98. The number of benzene rings is 1. The van der Waals surface area contributed by atoms with Gasteiger partial charge in [-0.25, -0.2) is 9.37 Å². The number of halogens is 1. The molecule has 0 saturated carbocycles. The van der Waals surface area contributed by atoms with Gasteiger partial charge in [0.1, 0.15) is 5.82 Å². The van der Waals surface area contributed by atoms with E-state index in [1.165, 1.54) is 6.07 Å². The molecule has 0 aliphatic carbocycles. The van der Waals surface area contributed by atoms with E-state index in [0.717, 1.165) is 23.1 Å². The number of pyridine rings is 1. The summed E-state index contributed by atoms with van der Waals surface area (Å²) in [5, 5.41) is 0. The average Bonchev–Trinajstić information content (AvgIpc) is 2.46. The smallest absolute Gasteiger partial charge is 0.217 e. The van der Waals surface area contributed by atoms with Crippen molar-refractivity contribution < 1.29 is 9.13 Å². The highest BCUT2D eigenvalue weighted by Gasteiger charge is 2.31. The molecule has 4 heteroatoms. The normalized spacial score (nSPS) is 15.7. The van der Waals surface area contributed by atoms with Crippen molar-refractivity contribution in [2.75, 3.05) is 6.61 Å². The van der Waals surface area contributed by atoms with Gasteiger partial charge >= 0.3 is 0 Å². The van der Waals surface area contributed by atoms with E-state index in [-0.39, 0.29) is 11.2 Å². The van der Waals surface area contributed by atoms with Gasteiger partial charge in [0, 0.05) is 16.5 Å². The zero-order chi connectivity index (χ0) is 16.8. The Kier molecular flexibility index (Phi) is 3.63. The van der Waals surface area contributed by atoms with Crippen LogP contribution in [0.1, 0.15) is 30.7 Å². The topological polar surface area (TPSA) is 48.1 Å². The highest BCUT2D eigenvalue weighted by Crippen LogP contribution is 2.40. The summed E-state index contributed by atoms with van der Waals surface area (Å²) in [5.41, 5.74) is 9.78. The van der Waals surface area contributed by atoms with Crippen molar-refractivity contribution >= 4 is 5.70 Å². The zero-order valence-corrected chi connectivity index (χ0v) is 13.7. The maximum absolute atomic E-state index is 14.5. The number of fused-ring (bicyclic) bond motifs is 1. The SMILES string of the molecule is C=C(N)c1cc(-c2ccc(C)cc2F)c2c(n1)OCC(C)(C)C2. The predicted molar refractivity (Wildman–Crippen MR) is 90.6 cm³/mol. The Morgan fingerprint density at radius 2 is 2.04 bits per heavy atom. The molecule has 1 aromatic carbocycles. The fourth-order valence-corrected chi connectivity index (χ4v) is 2.88. The van der Waals surface area contributed by atoms with Crippen LogP contribution in [0.25, 0.3) is 16.8 Å². The van der Waals surface area contributed by atoms with Gasteiger partial charge in [0.05, 0.1) is 18.0 Å². The van der Waals surface area contributed by atoms with E-state index in [9.17, 15) is 4.39 Å². The zero-order valence-electron chi connectivity index (χ0n) is 13.7. The van der Waals surface area contributed by atoms with Crippen molar-refractivity contribution in [2.45, 2.75) is 27.2 Å². The molecule has 1 aliphatic rings. The molecule has 120 valence electrons. The van der Waals surface area contributed by atoms with Gasteiger partial charge in [0.25, 0.3) is 0 Å². The lowest BCUT2D eigenvalue weighted by Crippen LogP contribution is -2.30. The Balaban J connectivity index is 2.25. The van der Waals surface area contributed by atoms with Crippen LogP contribution < -0.4 is 10.5 Å². The summed E-state index contributed by atoms with van der Waals surface area (Å²) in [6.45, 7) is 10.4. The fourth-order valence-electron chi connectivity index (χ4n) is 2.88.